The third kappa shape index (κ3) is 3.17. The molecule has 0 amide bonds. The second-order valence-corrected chi connectivity index (χ2v) is 11.2. The van der Waals surface area contributed by atoms with Crippen LogP contribution >= 0.6 is 0 Å². The number of fused-ring (bicyclic) bond motifs is 4. The lowest BCUT2D eigenvalue weighted by Gasteiger charge is -2.49. The van der Waals surface area contributed by atoms with Crippen molar-refractivity contribution in [2.45, 2.75) is 92.4 Å². The van der Waals surface area contributed by atoms with Crippen molar-refractivity contribution in [2.24, 2.45) is 34.5 Å². The van der Waals surface area contributed by atoms with E-state index in [0.29, 0.717) is 17.1 Å². The Morgan fingerprint density at radius 1 is 1.11 bits per heavy atom. The van der Waals surface area contributed by atoms with Crippen molar-refractivity contribution in [3.05, 3.63) is 34.9 Å². The lowest BCUT2D eigenvalue weighted by atomic mass is 9.55. The molecule has 0 saturated heterocycles. The Kier molecular flexibility index (Phi) is 5.26. The Hall–Kier alpha value is -1.11. The van der Waals surface area contributed by atoms with Crippen molar-refractivity contribution in [3.8, 4) is 0 Å². The van der Waals surface area contributed by atoms with Crippen LogP contribution in [-0.4, -0.2) is 5.78 Å². The van der Waals surface area contributed by atoms with Gasteiger partial charge in [-0.1, -0.05) is 77.7 Å². The highest BCUT2D eigenvalue weighted by Crippen LogP contribution is 2.62. The first-order chi connectivity index (χ1) is 13.3. The van der Waals surface area contributed by atoms with Crippen LogP contribution in [0.2, 0.25) is 0 Å². The van der Waals surface area contributed by atoms with E-state index >= 15 is 0 Å². The minimum Gasteiger partial charge on any atom is -0.300 e. The molecule has 4 aliphatic carbocycles. The number of hydrogen-bond donors (Lipinski definition) is 0. The summed E-state index contributed by atoms with van der Waals surface area (Å²) in [6.45, 7) is 12.2. The number of carbonyl (C=O) groups is 1. The van der Waals surface area contributed by atoms with E-state index < -0.39 is 0 Å². The Balaban J connectivity index is 1.59. The van der Waals surface area contributed by atoms with Gasteiger partial charge in [-0.25, -0.2) is 0 Å². The second-order valence-electron chi connectivity index (χ2n) is 11.2. The minimum atomic E-state index is 0.188. The van der Waals surface area contributed by atoms with E-state index in [1.807, 2.05) is 0 Å². The highest BCUT2D eigenvalue weighted by Gasteiger charge is 2.51. The van der Waals surface area contributed by atoms with Crippen LogP contribution in [0.15, 0.2) is 34.9 Å². The standard InChI is InChI=1S/C27H40O/c1-18(2)7-6-8-19(3)23-11-12-24-22-10-9-20-17-21(28)13-15-26(20,4)25(22)14-16-27(23,24)5/h9-10,14,18-20,23H,6-8,11-13,15-17H2,1-5H3/t19-,20+,23-,26+,27-/m1/s1. The van der Waals surface area contributed by atoms with Crippen LogP contribution in [0.1, 0.15) is 92.4 Å². The smallest absolute Gasteiger partial charge is 0.133 e. The summed E-state index contributed by atoms with van der Waals surface area (Å²) in [6.07, 6.45) is 18.0. The van der Waals surface area contributed by atoms with Crippen LogP contribution in [0.5, 0.6) is 0 Å². The monoisotopic (exact) mass is 380 g/mol. The Morgan fingerprint density at radius 2 is 1.89 bits per heavy atom. The minimum absolute atomic E-state index is 0.188. The molecule has 0 aromatic carbocycles. The predicted molar refractivity (Wildman–Crippen MR) is 118 cm³/mol. The van der Waals surface area contributed by atoms with Crippen LogP contribution in [0, 0.1) is 34.5 Å². The van der Waals surface area contributed by atoms with Gasteiger partial charge >= 0.3 is 0 Å². The molecule has 0 bridgehead atoms. The Labute approximate surface area is 172 Å². The van der Waals surface area contributed by atoms with E-state index in [0.717, 1.165) is 37.0 Å². The van der Waals surface area contributed by atoms with Crippen molar-refractivity contribution >= 4 is 5.78 Å². The van der Waals surface area contributed by atoms with E-state index in [1.165, 1.54) is 38.5 Å². The van der Waals surface area contributed by atoms with Gasteiger partial charge in [0.05, 0.1) is 0 Å². The van der Waals surface area contributed by atoms with Crippen molar-refractivity contribution in [1.82, 2.24) is 0 Å². The van der Waals surface area contributed by atoms with E-state index in [1.54, 1.807) is 16.7 Å². The van der Waals surface area contributed by atoms with E-state index in [9.17, 15) is 4.79 Å². The molecular weight excluding hydrogens is 340 g/mol. The van der Waals surface area contributed by atoms with Crippen LogP contribution in [0.25, 0.3) is 0 Å². The van der Waals surface area contributed by atoms with Crippen LogP contribution < -0.4 is 0 Å². The second kappa shape index (κ2) is 7.29. The number of carbonyl (C=O) groups excluding carboxylic acids is 1. The zero-order valence-electron chi connectivity index (χ0n) is 18.8. The lowest BCUT2D eigenvalue weighted by Crippen LogP contribution is -2.40. The fraction of sp³-hybridized carbons (Fsp3) is 0.741. The van der Waals surface area contributed by atoms with Gasteiger partial charge in [-0.05, 0) is 71.3 Å². The van der Waals surface area contributed by atoms with E-state index in [-0.39, 0.29) is 5.41 Å². The van der Waals surface area contributed by atoms with Gasteiger partial charge in [0.2, 0.25) is 0 Å². The molecule has 2 saturated carbocycles. The number of hydrogen-bond acceptors (Lipinski definition) is 1. The van der Waals surface area contributed by atoms with Gasteiger partial charge in [0.1, 0.15) is 5.78 Å². The van der Waals surface area contributed by atoms with Crippen molar-refractivity contribution in [1.29, 1.82) is 0 Å². The van der Waals surface area contributed by atoms with Gasteiger partial charge < -0.3 is 0 Å². The summed E-state index contributed by atoms with van der Waals surface area (Å²) >= 11 is 0. The fourth-order valence-corrected chi connectivity index (χ4v) is 7.11. The molecule has 1 heteroatoms. The zero-order chi connectivity index (χ0) is 20.1. The molecule has 2 fully saturated rings. The van der Waals surface area contributed by atoms with E-state index in [2.05, 4.69) is 52.8 Å². The molecule has 0 radical (unpaired) electrons. The first-order valence-corrected chi connectivity index (χ1v) is 11.9. The molecule has 0 unspecified atom stereocenters. The van der Waals surface area contributed by atoms with Gasteiger partial charge in [0.25, 0.3) is 0 Å². The average Bonchev–Trinajstić information content (AvgIpc) is 2.99. The molecule has 4 rings (SSSR count). The molecule has 0 aliphatic heterocycles. The molecule has 28 heavy (non-hydrogen) atoms. The largest absolute Gasteiger partial charge is 0.300 e. The SMILES string of the molecule is CC(C)CCC[C@@H](C)[C@H]1CCC2=C3C=C[C@H]4CC(=O)CC[C@]4(C)C3=CC[C@@]21C. The summed E-state index contributed by atoms with van der Waals surface area (Å²) in [5.41, 5.74) is 5.45. The predicted octanol–water partition coefficient (Wildman–Crippen LogP) is 7.44. The van der Waals surface area contributed by atoms with Crippen molar-refractivity contribution < 1.29 is 4.79 Å². The first-order valence-electron chi connectivity index (χ1n) is 11.9. The maximum Gasteiger partial charge on any atom is 0.133 e. The van der Waals surface area contributed by atoms with Crippen molar-refractivity contribution in [2.75, 3.05) is 0 Å². The maximum absolute atomic E-state index is 12.0. The topological polar surface area (TPSA) is 17.1 Å². The van der Waals surface area contributed by atoms with Gasteiger partial charge in [0, 0.05) is 12.8 Å². The number of ketones is 1. The third-order valence-electron chi connectivity index (χ3n) is 8.99. The van der Waals surface area contributed by atoms with E-state index in [4.69, 9.17) is 0 Å². The molecule has 5 atom stereocenters. The summed E-state index contributed by atoms with van der Waals surface area (Å²) in [5.74, 6) is 3.35. The van der Waals surface area contributed by atoms with Gasteiger partial charge in [0.15, 0.2) is 0 Å². The van der Waals surface area contributed by atoms with Crippen LogP contribution in [0.3, 0.4) is 0 Å². The highest BCUT2D eigenvalue weighted by atomic mass is 16.1. The van der Waals surface area contributed by atoms with Crippen LogP contribution in [-0.2, 0) is 4.79 Å². The highest BCUT2D eigenvalue weighted by molar-refractivity contribution is 5.81. The quantitative estimate of drug-likeness (QED) is 0.484. The molecule has 1 nitrogen and oxygen atoms in total. The Bertz CT molecular complexity index is 735. The molecule has 0 aromatic heterocycles. The number of allylic oxidation sites excluding steroid dienone is 6. The number of Topliss-reactive ketones (excluding diaryl/α,β-unsaturated/α-hetero) is 1. The Morgan fingerprint density at radius 3 is 2.64 bits per heavy atom. The molecule has 0 heterocycles. The molecule has 0 spiro atoms. The number of rotatable bonds is 5. The summed E-state index contributed by atoms with van der Waals surface area (Å²) in [4.78, 5) is 12.0. The molecular formula is C27H40O. The normalized spacial score (nSPS) is 38.2. The van der Waals surface area contributed by atoms with Gasteiger partial charge in [-0.15, -0.1) is 0 Å². The van der Waals surface area contributed by atoms with Gasteiger partial charge in [-0.2, -0.15) is 0 Å². The lowest BCUT2D eigenvalue weighted by molar-refractivity contribution is -0.123. The molecule has 4 aliphatic rings. The molecule has 0 aromatic rings. The maximum atomic E-state index is 12.0. The van der Waals surface area contributed by atoms with Crippen LogP contribution in [0.4, 0.5) is 0 Å². The van der Waals surface area contributed by atoms with Crippen molar-refractivity contribution in [3.63, 3.8) is 0 Å². The summed E-state index contributed by atoms with van der Waals surface area (Å²) in [5, 5.41) is 0. The zero-order valence-corrected chi connectivity index (χ0v) is 18.8. The molecule has 0 N–H and O–H groups in total. The summed E-state index contributed by atoms with van der Waals surface area (Å²) in [7, 11) is 0. The van der Waals surface area contributed by atoms with Gasteiger partial charge in [-0.3, -0.25) is 4.79 Å². The summed E-state index contributed by atoms with van der Waals surface area (Å²) < 4.78 is 0. The molecule has 154 valence electrons. The average molecular weight is 381 g/mol. The first kappa shape index (κ1) is 20.2. The summed E-state index contributed by atoms with van der Waals surface area (Å²) in [6, 6.07) is 0. The third-order valence-corrected chi connectivity index (χ3v) is 8.99. The fourth-order valence-electron chi connectivity index (χ4n) is 7.11.